The van der Waals surface area contributed by atoms with Gasteiger partial charge in [-0.15, -0.1) is 0 Å². The molecular formula is C23H22O14. The Balaban J connectivity index is 1.87. The van der Waals surface area contributed by atoms with Crippen molar-refractivity contribution in [3.05, 3.63) is 40.6 Å². The molecule has 0 aliphatic rings. The van der Waals surface area contributed by atoms with E-state index in [0.29, 0.717) is 0 Å². The van der Waals surface area contributed by atoms with E-state index in [1.54, 1.807) is 0 Å². The van der Waals surface area contributed by atoms with Crippen LogP contribution >= 0.6 is 0 Å². The van der Waals surface area contributed by atoms with Crippen LogP contribution in [0.15, 0.2) is 39.5 Å². The number of aliphatic hydroxyl groups excluding tert-OH is 4. The summed E-state index contributed by atoms with van der Waals surface area (Å²) in [6, 6.07) is 5.21. The summed E-state index contributed by atoms with van der Waals surface area (Å²) in [6.45, 7) is -2.98. The number of ether oxygens (including phenoxy) is 2. The molecular weight excluding hydrogens is 500 g/mol. The van der Waals surface area contributed by atoms with Crippen LogP contribution in [-0.4, -0.2) is 90.7 Å². The predicted octanol–water partition coefficient (Wildman–Crippen LogP) is -1.15. The lowest BCUT2D eigenvalue weighted by Gasteiger charge is -2.20. The van der Waals surface area contributed by atoms with Crippen LogP contribution in [0.25, 0.3) is 22.3 Å². The van der Waals surface area contributed by atoms with Crippen molar-refractivity contribution in [3.8, 4) is 40.1 Å². The maximum Gasteiger partial charge on any atom is 0.344 e. The van der Waals surface area contributed by atoms with Gasteiger partial charge in [0.05, 0.1) is 6.61 Å². The van der Waals surface area contributed by atoms with Gasteiger partial charge >= 0.3 is 5.97 Å². The van der Waals surface area contributed by atoms with Crippen molar-refractivity contribution < 1.29 is 64.3 Å². The van der Waals surface area contributed by atoms with Crippen LogP contribution in [0.4, 0.5) is 0 Å². The second kappa shape index (κ2) is 11.1. The van der Waals surface area contributed by atoms with Gasteiger partial charge in [-0.2, -0.15) is 0 Å². The Morgan fingerprint density at radius 3 is 2.27 bits per heavy atom. The molecule has 0 amide bonds. The number of hydrogen-bond donors (Lipinski definition) is 8. The molecule has 0 bridgehead atoms. The van der Waals surface area contributed by atoms with E-state index in [2.05, 4.69) is 4.74 Å². The number of hydrogen-bond acceptors (Lipinski definition) is 14. The fourth-order valence-electron chi connectivity index (χ4n) is 3.17. The first-order valence-electron chi connectivity index (χ1n) is 10.5. The zero-order valence-electron chi connectivity index (χ0n) is 18.8. The Morgan fingerprint density at radius 2 is 1.62 bits per heavy atom. The van der Waals surface area contributed by atoms with E-state index >= 15 is 0 Å². The first-order valence-corrected chi connectivity index (χ1v) is 10.5. The van der Waals surface area contributed by atoms with Crippen LogP contribution in [-0.2, 0) is 14.3 Å². The molecule has 0 saturated heterocycles. The Bertz CT molecular complexity index is 1380. The number of Topliss-reactive ketones (excluding diaryl/α,β-unsaturated/α-hetero) is 1. The number of phenolic OH excluding ortho intramolecular Hbond substituents is 4. The van der Waals surface area contributed by atoms with Gasteiger partial charge in [-0.3, -0.25) is 9.59 Å². The van der Waals surface area contributed by atoms with Crippen molar-refractivity contribution in [3.63, 3.8) is 0 Å². The summed E-state index contributed by atoms with van der Waals surface area (Å²) in [5.41, 5.74) is -1.26. The highest BCUT2D eigenvalue weighted by Crippen LogP contribution is 2.38. The molecule has 0 fully saturated rings. The van der Waals surface area contributed by atoms with Crippen molar-refractivity contribution >= 4 is 22.7 Å². The van der Waals surface area contributed by atoms with Gasteiger partial charge < -0.3 is 54.7 Å². The number of aromatic hydroxyl groups is 4. The number of esters is 1. The number of ketones is 1. The highest BCUT2D eigenvalue weighted by molar-refractivity contribution is 5.89. The molecule has 3 aromatic rings. The molecule has 0 aliphatic carbocycles. The summed E-state index contributed by atoms with van der Waals surface area (Å²) in [4.78, 5) is 37.1. The second-order valence-electron chi connectivity index (χ2n) is 7.73. The van der Waals surface area contributed by atoms with E-state index in [0.717, 1.165) is 24.3 Å². The minimum absolute atomic E-state index is 0.00442. The maximum atomic E-state index is 13.1. The van der Waals surface area contributed by atoms with E-state index < -0.39 is 89.4 Å². The Kier molecular flexibility index (Phi) is 8.19. The fraction of sp³-hybridized carbons (Fsp3) is 0.261. The van der Waals surface area contributed by atoms with Gasteiger partial charge in [0.25, 0.3) is 0 Å². The van der Waals surface area contributed by atoms with Crippen LogP contribution in [0.1, 0.15) is 0 Å². The zero-order chi connectivity index (χ0) is 27.4. The highest BCUT2D eigenvalue weighted by Gasteiger charge is 2.30. The first-order chi connectivity index (χ1) is 17.4. The topological polar surface area (TPSA) is 245 Å². The van der Waals surface area contributed by atoms with Gasteiger partial charge in [0.2, 0.25) is 17.0 Å². The largest absolute Gasteiger partial charge is 0.508 e. The number of aliphatic hydroxyl groups is 4. The third-order valence-corrected chi connectivity index (χ3v) is 5.10. The molecule has 0 radical (unpaired) electrons. The van der Waals surface area contributed by atoms with E-state index in [1.165, 1.54) is 6.07 Å². The predicted molar refractivity (Wildman–Crippen MR) is 121 cm³/mol. The summed E-state index contributed by atoms with van der Waals surface area (Å²) in [6.07, 6.45) is -6.02. The highest BCUT2D eigenvalue weighted by atomic mass is 16.6. The van der Waals surface area contributed by atoms with E-state index in [-0.39, 0.29) is 16.9 Å². The maximum absolute atomic E-state index is 13.1. The number of rotatable bonds is 10. The van der Waals surface area contributed by atoms with Gasteiger partial charge in [-0.05, 0) is 18.2 Å². The van der Waals surface area contributed by atoms with Gasteiger partial charge in [0, 0.05) is 17.7 Å². The van der Waals surface area contributed by atoms with Crippen molar-refractivity contribution in [1.82, 2.24) is 0 Å². The molecule has 37 heavy (non-hydrogen) atoms. The van der Waals surface area contributed by atoms with Gasteiger partial charge in [0.15, 0.2) is 30.5 Å². The third-order valence-electron chi connectivity index (χ3n) is 5.10. The fourth-order valence-corrected chi connectivity index (χ4v) is 3.17. The zero-order valence-corrected chi connectivity index (χ0v) is 18.8. The van der Waals surface area contributed by atoms with Gasteiger partial charge in [0.1, 0.15) is 40.8 Å². The van der Waals surface area contributed by atoms with Crippen LogP contribution in [0.2, 0.25) is 0 Å². The molecule has 0 unspecified atom stereocenters. The minimum Gasteiger partial charge on any atom is -0.508 e. The minimum atomic E-state index is -2.17. The Labute approximate surface area is 206 Å². The molecule has 0 spiro atoms. The lowest BCUT2D eigenvalue weighted by atomic mass is 10.1. The molecule has 14 heteroatoms. The molecule has 0 saturated carbocycles. The van der Waals surface area contributed by atoms with Crippen LogP contribution < -0.4 is 10.2 Å². The van der Waals surface area contributed by atoms with Crippen molar-refractivity contribution in [2.24, 2.45) is 0 Å². The van der Waals surface area contributed by atoms with E-state index in [1.807, 2.05) is 0 Å². The number of carbonyl (C=O) groups is 2. The quantitative estimate of drug-likeness (QED) is 0.116. The first kappa shape index (κ1) is 27.2. The van der Waals surface area contributed by atoms with Gasteiger partial charge in [-0.1, -0.05) is 0 Å². The average molecular weight is 522 g/mol. The average Bonchev–Trinajstić information content (AvgIpc) is 2.86. The summed E-state index contributed by atoms with van der Waals surface area (Å²) in [7, 11) is 0. The molecule has 1 aromatic heterocycles. The van der Waals surface area contributed by atoms with Crippen LogP contribution in [0.3, 0.4) is 0 Å². The second-order valence-corrected chi connectivity index (χ2v) is 7.73. The monoisotopic (exact) mass is 522 g/mol. The third kappa shape index (κ3) is 5.90. The summed E-state index contributed by atoms with van der Waals surface area (Å²) in [5.74, 6) is -5.60. The number of benzene rings is 2. The molecule has 14 nitrogen and oxygen atoms in total. The summed E-state index contributed by atoms with van der Waals surface area (Å²) < 4.78 is 15.5. The van der Waals surface area contributed by atoms with E-state index in [9.17, 15) is 50.1 Å². The molecule has 2 aromatic carbocycles. The standard InChI is InChI=1S/C23H22O14/c24-6-14(29)19(32)20(33)15(30)7-35-17(31)8-36-23-21(34)18-13(28)4-10(25)5-16(18)37-22(23)9-1-2-11(26)12(27)3-9/h1-5,14,19-20,24-29,32-33H,6-8H2/t14-,19+,20+/m0/s1. The summed E-state index contributed by atoms with van der Waals surface area (Å²) >= 11 is 0. The van der Waals surface area contributed by atoms with Crippen molar-refractivity contribution in [1.29, 1.82) is 0 Å². The van der Waals surface area contributed by atoms with Crippen LogP contribution in [0, 0.1) is 0 Å². The summed E-state index contributed by atoms with van der Waals surface area (Å²) in [5, 5.41) is 76.1. The number of carbonyl (C=O) groups excluding carboxylic acids is 2. The molecule has 1 heterocycles. The molecule has 198 valence electrons. The van der Waals surface area contributed by atoms with Crippen LogP contribution in [0.5, 0.6) is 28.7 Å². The molecule has 8 N–H and O–H groups in total. The van der Waals surface area contributed by atoms with Crippen molar-refractivity contribution in [2.45, 2.75) is 18.3 Å². The lowest BCUT2D eigenvalue weighted by Crippen LogP contribution is -2.45. The SMILES string of the molecule is O=C(COc1c(-c2ccc(O)c(O)c2)oc2cc(O)cc(O)c2c1=O)OCC(=O)[C@@H](O)[C@H](O)[C@@H](O)CO. The smallest absolute Gasteiger partial charge is 0.344 e. The molecule has 0 aliphatic heterocycles. The lowest BCUT2D eigenvalue weighted by molar-refractivity contribution is -0.156. The Morgan fingerprint density at radius 1 is 0.919 bits per heavy atom. The Hall–Kier alpha value is -4.37. The number of fused-ring (bicyclic) bond motifs is 1. The molecule has 3 atom stereocenters. The van der Waals surface area contributed by atoms with E-state index in [4.69, 9.17) is 14.3 Å². The molecule has 3 rings (SSSR count). The van der Waals surface area contributed by atoms with Crippen molar-refractivity contribution in [2.75, 3.05) is 19.8 Å². The van der Waals surface area contributed by atoms with Gasteiger partial charge in [-0.25, -0.2) is 4.79 Å². The normalized spacial score (nSPS) is 13.6. The number of phenols is 4.